The van der Waals surface area contributed by atoms with Crippen molar-refractivity contribution in [3.8, 4) is 0 Å². The molecule has 4 aromatic rings. The number of rotatable bonds is 10. The van der Waals surface area contributed by atoms with Gasteiger partial charge in [0.15, 0.2) is 0 Å². The molecule has 7 heteroatoms. The lowest BCUT2D eigenvalue weighted by Crippen LogP contribution is -2.40. The summed E-state index contributed by atoms with van der Waals surface area (Å²) < 4.78 is 21.5. The van der Waals surface area contributed by atoms with Crippen LogP contribution in [0, 0.1) is 27.7 Å². The average molecular weight is 644 g/mol. The Balaban J connectivity index is 1.63. The van der Waals surface area contributed by atoms with E-state index in [4.69, 9.17) is 0 Å². The number of hydrogen-bond donors (Lipinski definition) is 0. The van der Waals surface area contributed by atoms with E-state index in [2.05, 4.69) is 129 Å². The van der Waals surface area contributed by atoms with Crippen LogP contribution in [0.5, 0.6) is 0 Å². The van der Waals surface area contributed by atoms with E-state index in [9.17, 15) is 0 Å². The third kappa shape index (κ3) is 7.13. The molecule has 0 aliphatic carbocycles. The van der Waals surface area contributed by atoms with E-state index in [1.807, 2.05) is 37.5 Å². The second kappa shape index (κ2) is 14.1. The summed E-state index contributed by atoms with van der Waals surface area (Å²) in [6.45, 7) is 9.58. The first kappa shape index (κ1) is 33.2. The minimum absolute atomic E-state index is 0.183. The topological polar surface area (TPSA) is 26.8 Å². The van der Waals surface area contributed by atoms with Crippen LogP contribution < -0.4 is 21.2 Å². The standard InChI is InChI=1S/C37H48N3OP3/c1-28-13-9-17-33(21-28)42(34-18-10-14-29(2)22-34)27-32-25-37(26-40(32)44(41,38(5)6)39(7)8)43(35-19-11-15-30(3)23-35)36-20-12-16-31(4)24-36/h9-24,32,37H,25-27H2,1-8H3/t32-,37-/m0/s1. The number of nitrogens with zero attached hydrogens (tertiary/aromatic N) is 3. The van der Waals surface area contributed by atoms with Crippen LogP contribution in [0.4, 0.5) is 0 Å². The zero-order valence-electron chi connectivity index (χ0n) is 27.6. The van der Waals surface area contributed by atoms with Crippen LogP contribution in [-0.2, 0) is 4.57 Å². The lowest BCUT2D eigenvalue weighted by atomic mass is 10.2. The van der Waals surface area contributed by atoms with Gasteiger partial charge in [-0.25, -0.2) is 14.0 Å². The molecule has 1 aliphatic rings. The molecule has 0 amide bonds. The van der Waals surface area contributed by atoms with Gasteiger partial charge in [0.2, 0.25) is 0 Å². The van der Waals surface area contributed by atoms with E-state index in [0.717, 1.165) is 19.1 Å². The van der Waals surface area contributed by atoms with Gasteiger partial charge in [-0.15, -0.1) is 0 Å². The molecule has 0 spiro atoms. The molecule has 5 rings (SSSR count). The second-order valence-corrected chi connectivity index (χ2v) is 20.6. The molecule has 0 saturated carbocycles. The summed E-state index contributed by atoms with van der Waals surface area (Å²) >= 11 is 0. The molecule has 1 heterocycles. The van der Waals surface area contributed by atoms with E-state index in [1.165, 1.54) is 43.5 Å². The quantitative estimate of drug-likeness (QED) is 0.172. The molecule has 0 N–H and O–H groups in total. The Morgan fingerprint density at radius 1 is 0.659 bits per heavy atom. The Morgan fingerprint density at radius 2 is 1.05 bits per heavy atom. The Labute approximate surface area is 268 Å². The molecular formula is C37H48N3OP3. The molecule has 0 bridgehead atoms. The summed E-state index contributed by atoms with van der Waals surface area (Å²) in [6.07, 6.45) is 2.00. The molecule has 44 heavy (non-hydrogen) atoms. The average Bonchev–Trinajstić information content (AvgIpc) is 3.39. The van der Waals surface area contributed by atoms with Gasteiger partial charge in [0.1, 0.15) is 0 Å². The minimum atomic E-state index is -2.98. The van der Waals surface area contributed by atoms with Crippen LogP contribution in [0.15, 0.2) is 97.1 Å². The van der Waals surface area contributed by atoms with E-state index in [1.54, 1.807) is 0 Å². The fourth-order valence-electron chi connectivity index (χ4n) is 6.66. The molecule has 232 valence electrons. The van der Waals surface area contributed by atoms with Gasteiger partial charge in [0.05, 0.1) is 0 Å². The summed E-state index contributed by atoms with van der Waals surface area (Å²) in [5, 5.41) is 5.64. The van der Waals surface area contributed by atoms with Gasteiger partial charge in [0.25, 0.3) is 7.59 Å². The third-order valence-electron chi connectivity index (χ3n) is 8.69. The third-order valence-corrected chi connectivity index (χ3v) is 17.3. The summed E-state index contributed by atoms with van der Waals surface area (Å²) in [5.74, 6) is 0. The van der Waals surface area contributed by atoms with Gasteiger partial charge >= 0.3 is 0 Å². The van der Waals surface area contributed by atoms with Gasteiger partial charge in [0, 0.05) is 18.2 Å². The SMILES string of the molecule is Cc1cccc(P(C[C@@H]2C[C@H](P(c3cccc(C)c3)c3cccc(C)c3)CN2P(=O)(N(C)C)N(C)C)c2cccc(C)c2)c1. The van der Waals surface area contributed by atoms with E-state index >= 15 is 4.57 Å². The van der Waals surface area contributed by atoms with Crippen molar-refractivity contribution in [3.63, 3.8) is 0 Å². The van der Waals surface area contributed by atoms with Crippen molar-refractivity contribution in [2.75, 3.05) is 40.9 Å². The maximum Gasteiger partial charge on any atom is 0.286 e. The van der Waals surface area contributed by atoms with Crippen LogP contribution >= 0.6 is 23.4 Å². The second-order valence-electron chi connectivity index (χ2n) is 12.7. The predicted octanol–water partition coefficient (Wildman–Crippen LogP) is 7.16. The van der Waals surface area contributed by atoms with E-state index in [0.29, 0.717) is 5.66 Å². The highest BCUT2D eigenvalue weighted by atomic mass is 31.2. The minimum Gasteiger partial charge on any atom is -0.270 e. The highest BCUT2D eigenvalue weighted by molar-refractivity contribution is 7.74. The molecule has 4 nitrogen and oxygen atoms in total. The fourth-order valence-corrected chi connectivity index (χ4v) is 15.4. The van der Waals surface area contributed by atoms with Crippen molar-refractivity contribution in [2.24, 2.45) is 0 Å². The molecule has 0 aromatic heterocycles. The van der Waals surface area contributed by atoms with E-state index in [-0.39, 0.29) is 6.04 Å². The summed E-state index contributed by atoms with van der Waals surface area (Å²) in [4.78, 5) is 0. The zero-order valence-corrected chi connectivity index (χ0v) is 30.3. The van der Waals surface area contributed by atoms with Crippen molar-refractivity contribution < 1.29 is 4.57 Å². The van der Waals surface area contributed by atoms with Gasteiger partial charge in [-0.05, 0) is 106 Å². The maximum atomic E-state index is 15.1. The molecule has 1 fully saturated rings. The van der Waals surface area contributed by atoms with Crippen LogP contribution in [0.25, 0.3) is 0 Å². The number of aryl methyl sites for hydroxylation is 4. The molecule has 0 radical (unpaired) electrons. The smallest absolute Gasteiger partial charge is 0.270 e. The highest BCUT2D eigenvalue weighted by Gasteiger charge is 2.48. The van der Waals surface area contributed by atoms with Crippen molar-refractivity contribution in [3.05, 3.63) is 119 Å². The monoisotopic (exact) mass is 643 g/mol. The normalized spacial score (nSPS) is 17.8. The van der Waals surface area contributed by atoms with Crippen LogP contribution in [0.3, 0.4) is 0 Å². The fraction of sp³-hybridized carbons (Fsp3) is 0.351. The van der Waals surface area contributed by atoms with Crippen LogP contribution in [0.2, 0.25) is 0 Å². The molecule has 1 saturated heterocycles. The lowest BCUT2D eigenvalue weighted by molar-refractivity contribution is 0.325. The summed E-state index contributed by atoms with van der Waals surface area (Å²) in [6, 6.07) is 36.5. The van der Waals surface area contributed by atoms with Gasteiger partial charge in [-0.3, -0.25) is 4.57 Å². The number of benzene rings is 4. The Morgan fingerprint density at radius 3 is 1.43 bits per heavy atom. The van der Waals surface area contributed by atoms with Gasteiger partial charge in [-0.2, -0.15) is 0 Å². The first-order valence-electron chi connectivity index (χ1n) is 15.5. The first-order valence-corrected chi connectivity index (χ1v) is 20.0. The van der Waals surface area contributed by atoms with E-state index < -0.39 is 23.4 Å². The molecule has 4 aromatic carbocycles. The van der Waals surface area contributed by atoms with Gasteiger partial charge in [-0.1, -0.05) is 119 Å². The molecule has 0 unspecified atom stereocenters. The summed E-state index contributed by atoms with van der Waals surface area (Å²) in [5.41, 5.74) is 5.56. The number of hydrogen-bond acceptors (Lipinski definition) is 1. The van der Waals surface area contributed by atoms with Crippen molar-refractivity contribution >= 4 is 44.7 Å². The molecule has 2 atom stereocenters. The maximum absolute atomic E-state index is 15.1. The van der Waals surface area contributed by atoms with Crippen LogP contribution in [0.1, 0.15) is 28.7 Å². The Hall–Kier alpha value is -2.15. The van der Waals surface area contributed by atoms with Crippen molar-refractivity contribution in [2.45, 2.75) is 45.8 Å². The first-order chi connectivity index (χ1) is 21.0. The Bertz CT molecular complexity index is 1530. The zero-order chi connectivity index (χ0) is 31.6. The lowest BCUT2D eigenvalue weighted by Gasteiger charge is -2.41. The van der Waals surface area contributed by atoms with Crippen molar-refractivity contribution in [1.82, 2.24) is 14.0 Å². The van der Waals surface area contributed by atoms with Crippen LogP contribution in [-0.4, -0.2) is 66.6 Å². The molecule has 1 aliphatic heterocycles. The summed E-state index contributed by atoms with van der Waals surface area (Å²) in [7, 11) is 3.64. The van der Waals surface area contributed by atoms with Crippen molar-refractivity contribution in [1.29, 1.82) is 0 Å². The molecular weight excluding hydrogens is 595 g/mol. The Kier molecular flexibility index (Phi) is 10.6. The predicted molar refractivity (Wildman–Crippen MR) is 196 cm³/mol. The largest absolute Gasteiger partial charge is 0.286 e. The van der Waals surface area contributed by atoms with Gasteiger partial charge < -0.3 is 0 Å². The highest BCUT2D eigenvalue weighted by Crippen LogP contribution is 2.60.